The molecule has 2 heterocycles. The van der Waals surface area contributed by atoms with E-state index in [9.17, 15) is 14.4 Å². The van der Waals surface area contributed by atoms with Gasteiger partial charge in [-0.1, -0.05) is 13.8 Å². The summed E-state index contributed by atoms with van der Waals surface area (Å²) in [5.74, 6) is -0.325. The maximum Gasteiger partial charge on any atom is 0.251 e. The quantitative estimate of drug-likeness (QED) is 0.669. The number of amides is 3. The number of piperidine rings is 1. The highest BCUT2D eigenvalue weighted by Gasteiger charge is 2.28. The second-order valence-electron chi connectivity index (χ2n) is 7.10. The Labute approximate surface area is 158 Å². The number of anilines is 1. The molecule has 1 saturated heterocycles. The predicted molar refractivity (Wildman–Crippen MR) is 103 cm³/mol. The van der Waals surface area contributed by atoms with Crippen LogP contribution in [0, 0.1) is 11.8 Å². The fraction of sp³-hybridized carbons (Fsp3) is 0.611. The summed E-state index contributed by atoms with van der Waals surface area (Å²) >= 11 is 1.29. The Morgan fingerprint density at radius 3 is 2.69 bits per heavy atom. The minimum Gasteiger partial charge on any atom is -0.366 e. The molecule has 1 aromatic rings. The lowest BCUT2D eigenvalue weighted by Gasteiger charge is -2.36. The molecule has 1 aliphatic heterocycles. The number of rotatable bonds is 7. The number of nitrogens with one attached hydrogen (secondary N) is 2. The topological polar surface area (TPSA) is 105 Å². The molecule has 3 amide bonds. The largest absolute Gasteiger partial charge is 0.366 e. The molecule has 0 saturated carbocycles. The average Bonchev–Trinajstić information content (AvgIpc) is 3.07. The van der Waals surface area contributed by atoms with E-state index >= 15 is 0 Å². The molecule has 0 bridgehead atoms. The van der Waals surface area contributed by atoms with Crippen molar-refractivity contribution in [2.45, 2.75) is 39.7 Å². The summed E-state index contributed by atoms with van der Waals surface area (Å²) in [4.78, 5) is 37.8. The number of hydrogen-bond acceptors (Lipinski definition) is 5. The molecule has 2 unspecified atom stereocenters. The van der Waals surface area contributed by atoms with E-state index in [0.717, 1.165) is 25.9 Å². The summed E-state index contributed by atoms with van der Waals surface area (Å²) in [6.07, 6.45) is 2.03. The highest BCUT2D eigenvalue weighted by atomic mass is 32.1. The van der Waals surface area contributed by atoms with Gasteiger partial charge in [0.1, 0.15) is 5.00 Å². The lowest BCUT2D eigenvalue weighted by molar-refractivity contribution is -0.125. The van der Waals surface area contributed by atoms with Crippen LogP contribution in [0.5, 0.6) is 0 Å². The Balaban J connectivity index is 1.90. The highest BCUT2D eigenvalue weighted by Crippen LogP contribution is 2.24. The molecule has 0 spiro atoms. The maximum absolute atomic E-state index is 12.6. The monoisotopic (exact) mass is 380 g/mol. The van der Waals surface area contributed by atoms with E-state index in [4.69, 9.17) is 5.73 Å². The lowest BCUT2D eigenvalue weighted by atomic mass is 9.96. The van der Waals surface area contributed by atoms with Crippen LogP contribution in [0.1, 0.15) is 44.0 Å². The van der Waals surface area contributed by atoms with Crippen LogP contribution in [0.25, 0.3) is 0 Å². The molecule has 144 valence electrons. The molecule has 1 aromatic heterocycles. The molecular weight excluding hydrogens is 352 g/mol. The Kier molecular flexibility index (Phi) is 7.16. The van der Waals surface area contributed by atoms with Crippen molar-refractivity contribution in [3.05, 3.63) is 17.0 Å². The van der Waals surface area contributed by atoms with Gasteiger partial charge in [0.2, 0.25) is 11.8 Å². The van der Waals surface area contributed by atoms with Gasteiger partial charge in [0, 0.05) is 19.0 Å². The zero-order valence-corrected chi connectivity index (χ0v) is 16.4. The molecule has 2 rings (SSSR count). The van der Waals surface area contributed by atoms with E-state index in [2.05, 4.69) is 15.5 Å². The van der Waals surface area contributed by atoms with E-state index in [1.54, 1.807) is 11.4 Å². The summed E-state index contributed by atoms with van der Waals surface area (Å²) in [5.41, 5.74) is 5.66. The van der Waals surface area contributed by atoms with Crippen LogP contribution in [0.2, 0.25) is 0 Å². The molecule has 4 N–H and O–H groups in total. The fourth-order valence-corrected chi connectivity index (χ4v) is 3.84. The van der Waals surface area contributed by atoms with Crippen molar-refractivity contribution >= 4 is 34.1 Å². The van der Waals surface area contributed by atoms with Crippen molar-refractivity contribution in [1.82, 2.24) is 10.2 Å². The van der Waals surface area contributed by atoms with E-state index in [0.29, 0.717) is 23.0 Å². The molecule has 26 heavy (non-hydrogen) atoms. The third-order valence-electron chi connectivity index (χ3n) is 4.73. The lowest BCUT2D eigenvalue weighted by Crippen LogP contribution is -2.49. The number of likely N-dealkylation sites (tertiary alicyclic amines) is 1. The van der Waals surface area contributed by atoms with Gasteiger partial charge in [-0.05, 0) is 43.7 Å². The zero-order chi connectivity index (χ0) is 19.3. The SMILES string of the molecule is CC(C)C(=O)NCC1CCCN(C(C)C(=O)Nc2sccc2C(N)=O)C1. The van der Waals surface area contributed by atoms with Gasteiger partial charge in [-0.3, -0.25) is 19.3 Å². The van der Waals surface area contributed by atoms with Gasteiger partial charge in [0.25, 0.3) is 5.91 Å². The molecular formula is C18H28N4O3S. The number of carbonyl (C=O) groups excluding carboxylic acids is 3. The number of carbonyl (C=O) groups is 3. The first kappa shape index (κ1) is 20.4. The van der Waals surface area contributed by atoms with Gasteiger partial charge < -0.3 is 16.4 Å². The normalized spacial score (nSPS) is 19.2. The number of nitrogens with zero attached hydrogens (tertiary/aromatic N) is 1. The molecule has 1 aliphatic rings. The molecule has 1 fully saturated rings. The van der Waals surface area contributed by atoms with E-state index < -0.39 is 5.91 Å². The first-order valence-corrected chi connectivity index (χ1v) is 9.87. The summed E-state index contributed by atoms with van der Waals surface area (Å²) in [5, 5.41) is 8.02. The van der Waals surface area contributed by atoms with Crippen LogP contribution < -0.4 is 16.4 Å². The van der Waals surface area contributed by atoms with Gasteiger partial charge in [-0.25, -0.2) is 0 Å². The molecule has 0 aliphatic carbocycles. The van der Waals surface area contributed by atoms with Crippen LogP contribution in [0.15, 0.2) is 11.4 Å². The van der Waals surface area contributed by atoms with Crippen molar-refractivity contribution in [3.8, 4) is 0 Å². The fourth-order valence-electron chi connectivity index (χ4n) is 3.05. The van der Waals surface area contributed by atoms with Crippen LogP contribution in [0.3, 0.4) is 0 Å². The number of nitrogens with two attached hydrogens (primary N) is 1. The number of hydrogen-bond donors (Lipinski definition) is 3. The zero-order valence-electron chi connectivity index (χ0n) is 15.6. The van der Waals surface area contributed by atoms with Crippen molar-refractivity contribution in [2.75, 3.05) is 25.0 Å². The second kappa shape index (κ2) is 9.14. The van der Waals surface area contributed by atoms with Crippen LogP contribution in [-0.4, -0.2) is 48.3 Å². The first-order chi connectivity index (χ1) is 12.3. The van der Waals surface area contributed by atoms with Gasteiger partial charge in [-0.2, -0.15) is 0 Å². The van der Waals surface area contributed by atoms with Gasteiger partial charge in [0.05, 0.1) is 11.6 Å². The van der Waals surface area contributed by atoms with Crippen molar-refractivity contribution in [1.29, 1.82) is 0 Å². The van der Waals surface area contributed by atoms with Crippen molar-refractivity contribution in [2.24, 2.45) is 17.6 Å². The van der Waals surface area contributed by atoms with Crippen molar-refractivity contribution in [3.63, 3.8) is 0 Å². The Bertz CT molecular complexity index is 659. The summed E-state index contributed by atoms with van der Waals surface area (Å²) in [6, 6.07) is 1.29. The summed E-state index contributed by atoms with van der Waals surface area (Å²) in [7, 11) is 0. The molecule has 0 radical (unpaired) electrons. The molecule has 0 aromatic carbocycles. The standard InChI is InChI=1S/C18H28N4O3S/c1-11(2)16(24)20-9-13-5-4-7-22(10-13)12(3)17(25)21-18-14(15(19)23)6-8-26-18/h6,8,11-13H,4-5,7,9-10H2,1-3H3,(H2,19,23)(H,20,24)(H,21,25). The summed E-state index contributed by atoms with van der Waals surface area (Å²) in [6.45, 7) is 7.86. The Morgan fingerprint density at radius 1 is 1.31 bits per heavy atom. The highest BCUT2D eigenvalue weighted by molar-refractivity contribution is 7.14. The smallest absolute Gasteiger partial charge is 0.251 e. The molecule has 2 atom stereocenters. The van der Waals surface area contributed by atoms with E-state index in [1.165, 1.54) is 11.3 Å². The van der Waals surface area contributed by atoms with Crippen LogP contribution in [-0.2, 0) is 9.59 Å². The van der Waals surface area contributed by atoms with Gasteiger partial charge in [0.15, 0.2) is 0 Å². The Morgan fingerprint density at radius 2 is 2.04 bits per heavy atom. The summed E-state index contributed by atoms with van der Waals surface area (Å²) < 4.78 is 0. The van der Waals surface area contributed by atoms with Gasteiger partial charge >= 0.3 is 0 Å². The Hall–Kier alpha value is -1.93. The van der Waals surface area contributed by atoms with E-state index in [-0.39, 0.29) is 23.8 Å². The van der Waals surface area contributed by atoms with Crippen molar-refractivity contribution < 1.29 is 14.4 Å². The number of thiophene rings is 1. The van der Waals surface area contributed by atoms with Gasteiger partial charge in [-0.15, -0.1) is 11.3 Å². The van der Waals surface area contributed by atoms with Crippen LogP contribution in [0.4, 0.5) is 5.00 Å². The first-order valence-electron chi connectivity index (χ1n) is 8.99. The van der Waals surface area contributed by atoms with E-state index in [1.807, 2.05) is 20.8 Å². The van der Waals surface area contributed by atoms with Crippen LogP contribution >= 0.6 is 11.3 Å². The second-order valence-corrected chi connectivity index (χ2v) is 8.01. The third kappa shape index (κ3) is 5.28. The number of primary amides is 1. The predicted octanol–water partition coefficient (Wildman–Crippen LogP) is 1.66. The average molecular weight is 381 g/mol. The molecule has 8 heteroatoms. The minimum absolute atomic E-state index is 0.0235. The maximum atomic E-state index is 12.6. The minimum atomic E-state index is -0.548. The molecule has 7 nitrogen and oxygen atoms in total. The third-order valence-corrected chi connectivity index (χ3v) is 5.56.